The van der Waals surface area contributed by atoms with E-state index < -0.39 is 5.60 Å². The molecular weight excluding hydrogens is 250 g/mol. The van der Waals surface area contributed by atoms with Crippen LogP contribution < -0.4 is 10.1 Å². The molecule has 0 saturated heterocycles. The van der Waals surface area contributed by atoms with E-state index in [1.807, 2.05) is 45.0 Å². The van der Waals surface area contributed by atoms with Gasteiger partial charge in [0.2, 0.25) is 0 Å². The van der Waals surface area contributed by atoms with Gasteiger partial charge in [-0.3, -0.25) is 0 Å². The second kappa shape index (κ2) is 6.59. The number of ether oxygens (including phenoxy) is 1. The van der Waals surface area contributed by atoms with Crippen LogP contribution in [0.25, 0.3) is 0 Å². The fraction of sp³-hybridized carbons (Fsp3) is 0.647. The number of rotatable bonds is 6. The third kappa shape index (κ3) is 5.93. The normalized spacial score (nSPS) is 15.2. The molecule has 3 nitrogen and oxygen atoms in total. The monoisotopic (exact) mass is 279 g/mol. The van der Waals surface area contributed by atoms with Crippen LogP contribution in [0.1, 0.15) is 53.5 Å². The van der Waals surface area contributed by atoms with Crippen LogP contribution in [0.2, 0.25) is 0 Å². The highest BCUT2D eigenvalue weighted by atomic mass is 16.5. The molecule has 114 valence electrons. The third-order valence-electron chi connectivity index (χ3n) is 3.09. The lowest BCUT2D eigenvalue weighted by atomic mass is 9.92. The Hall–Kier alpha value is -1.06. The van der Waals surface area contributed by atoms with Gasteiger partial charge < -0.3 is 15.2 Å². The van der Waals surface area contributed by atoms with Crippen LogP contribution in [0.5, 0.6) is 5.75 Å². The molecule has 1 aromatic carbocycles. The van der Waals surface area contributed by atoms with Crippen LogP contribution in [-0.4, -0.2) is 23.3 Å². The minimum absolute atomic E-state index is 0.0681. The van der Waals surface area contributed by atoms with Crippen LogP contribution in [0.3, 0.4) is 0 Å². The van der Waals surface area contributed by atoms with E-state index in [-0.39, 0.29) is 11.6 Å². The van der Waals surface area contributed by atoms with E-state index in [4.69, 9.17) is 4.74 Å². The van der Waals surface area contributed by atoms with Crippen LogP contribution in [0.15, 0.2) is 24.3 Å². The average Bonchev–Trinajstić information content (AvgIpc) is 2.26. The molecule has 0 radical (unpaired) electrons. The van der Waals surface area contributed by atoms with Crippen LogP contribution in [0.4, 0.5) is 0 Å². The zero-order valence-electron chi connectivity index (χ0n) is 13.7. The SMILES string of the molecule is CC(C)Oc1cccc(C(C)(O)CCNC(C)(C)C)c1. The average molecular weight is 279 g/mol. The highest BCUT2D eigenvalue weighted by molar-refractivity contribution is 5.32. The molecule has 1 rings (SSSR count). The van der Waals surface area contributed by atoms with E-state index >= 15 is 0 Å². The number of hydrogen-bond donors (Lipinski definition) is 2. The predicted molar refractivity (Wildman–Crippen MR) is 84.1 cm³/mol. The zero-order valence-corrected chi connectivity index (χ0v) is 13.7. The number of hydrogen-bond acceptors (Lipinski definition) is 3. The summed E-state index contributed by atoms with van der Waals surface area (Å²) in [5, 5.41) is 14.0. The second-order valence-electron chi connectivity index (χ2n) is 6.90. The van der Waals surface area contributed by atoms with E-state index in [1.54, 1.807) is 0 Å². The Labute approximate surface area is 123 Å². The summed E-state index contributed by atoms with van der Waals surface area (Å²) in [4.78, 5) is 0. The quantitative estimate of drug-likeness (QED) is 0.838. The summed E-state index contributed by atoms with van der Waals surface area (Å²) in [6.07, 6.45) is 0.799. The maximum Gasteiger partial charge on any atom is 0.120 e. The second-order valence-corrected chi connectivity index (χ2v) is 6.90. The molecule has 1 unspecified atom stereocenters. The summed E-state index contributed by atoms with van der Waals surface area (Å²) in [6.45, 7) is 13.0. The maximum atomic E-state index is 10.6. The molecule has 1 atom stereocenters. The smallest absolute Gasteiger partial charge is 0.120 e. The van der Waals surface area contributed by atoms with Gasteiger partial charge in [0.1, 0.15) is 5.75 Å². The lowest BCUT2D eigenvalue weighted by Crippen LogP contribution is -2.39. The van der Waals surface area contributed by atoms with Crippen molar-refractivity contribution in [1.29, 1.82) is 0 Å². The van der Waals surface area contributed by atoms with Crippen molar-refractivity contribution in [2.24, 2.45) is 0 Å². The number of aliphatic hydroxyl groups is 1. The molecule has 0 spiro atoms. The topological polar surface area (TPSA) is 41.5 Å². The van der Waals surface area contributed by atoms with Crippen molar-refractivity contribution >= 4 is 0 Å². The molecular formula is C17H29NO2. The van der Waals surface area contributed by atoms with E-state index in [0.717, 1.165) is 17.9 Å². The van der Waals surface area contributed by atoms with Crippen molar-refractivity contribution in [3.05, 3.63) is 29.8 Å². The summed E-state index contributed by atoms with van der Waals surface area (Å²) >= 11 is 0. The summed E-state index contributed by atoms with van der Waals surface area (Å²) in [6, 6.07) is 7.73. The highest BCUT2D eigenvalue weighted by Gasteiger charge is 2.24. The molecule has 1 aromatic rings. The van der Waals surface area contributed by atoms with Gasteiger partial charge in [-0.25, -0.2) is 0 Å². The van der Waals surface area contributed by atoms with Gasteiger partial charge in [0, 0.05) is 5.54 Å². The first-order valence-electron chi connectivity index (χ1n) is 7.35. The van der Waals surface area contributed by atoms with Crippen molar-refractivity contribution in [3.8, 4) is 5.75 Å². The van der Waals surface area contributed by atoms with E-state index in [9.17, 15) is 5.11 Å². The van der Waals surface area contributed by atoms with Gasteiger partial charge in [-0.15, -0.1) is 0 Å². The Kier molecular flexibility index (Phi) is 5.60. The maximum absolute atomic E-state index is 10.6. The molecule has 20 heavy (non-hydrogen) atoms. The van der Waals surface area contributed by atoms with Crippen molar-refractivity contribution in [1.82, 2.24) is 5.32 Å². The summed E-state index contributed by atoms with van der Waals surface area (Å²) < 4.78 is 5.68. The molecule has 0 aromatic heterocycles. The molecule has 3 heteroatoms. The Morgan fingerprint density at radius 1 is 1.20 bits per heavy atom. The van der Waals surface area contributed by atoms with Gasteiger partial charge in [-0.1, -0.05) is 12.1 Å². The molecule has 0 saturated carbocycles. The van der Waals surface area contributed by atoms with Crippen LogP contribution in [0, 0.1) is 0 Å². The fourth-order valence-corrected chi connectivity index (χ4v) is 2.00. The molecule has 0 aliphatic carbocycles. The predicted octanol–water partition coefficient (Wildman–Crippen LogP) is 3.46. The standard InChI is InChI=1S/C17H29NO2/c1-13(2)20-15-9-7-8-14(12-15)17(6,19)10-11-18-16(3,4)5/h7-9,12-13,18-19H,10-11H2,1-6H3. The van der Waals surface area contributed by atoms with E-state index in [1.165, 1.54) is 0 Å². The van der Waals surface area contributed by atoms with Gasteiger partial charge in [-0.05, 0) is 72.2 Å². The molecule has 0 aliphatic heterocycles. The zero-order chi connectivity index (χ0) is 15.4. The molecule has 0 bridgehead atoms. The van der Waals surface area contributed by atoms with E-state index in [0.29, 0.717) is 6.42 Å². The minimum atomic E-state index is -0.853. The van der Waals surface area contributed by atoms with Gasteiger partial charge >= 0.3 is 0 Å². The molecule has 0 heterocycles. The van der Waals surface area contributed by atoms with Gasteiger partial charge in [0.05, 0.1) is 11.7 Å². The first-order chi connectivity index (χ1) is 9.10. The van der Waals surface area contributed by atoms with Crippen LogP contribution >= 0.6 is 0 Å². The first kappa shape index (κ1) is 17.0. The van der Waals surface area contributed by atoms with Crippen molar-refractivity contribution < 1.29 is 9.84 Å². The minimum Gasteiger partial charge on any atom is -0.491 e. The Balaban J connectivity index is 2.71. The van der Waals surface area contributed by atoms with Crippen molar-refractivity contribution in [3.63, 3.8) is 0 Å². The van der Waals surface area contributed by atoms with Crippen molar-refractivity contribution in [2.75, 3.05) is 6.54 Å². The van der Waals surface area contributed by atoms with E-state index in [2.05, 4.69) is 26.1 Å². The Morgan fingerprint density at radius 3 is 2.40 bits per heavy atom. The molecule has 0 fully saturated rings. The third-order valence-corrected chi connectivity index (χ3v) is 3.09. The highest BCUT2D eigenvalue weighted by Crippen LogP contribution is 2.27. The first-order valence-corrected chi connectivity index (χ1v) is 7.35. The summed E-state index contributed by atoms with van der Waals surface area (Å²) in [5.74, 6) is 0.807. The summed E-state index contributed by atoms with van der Waals surface area (Å²) in [5.41, 5.74) is 0.110. The number of benzene rings is 1. The number of nitrogens with one attached hydrogen (secondary N) is 1. The largest absolute Gasteiger partial charge is 0.491 e. The Morgan fingerprint density at radius 2 is 1.85 bits per heavy atom. The molecule has 2 N–H and O–H groups in total. The van der Waals surface area contributed by atoms with Gasteiger partial charge in [0.25, 0.3) is 0 Å². The van der Waals surface area contributed by atoms with Crippen molar-refractivity contribution in [2.45, 2.75) is 65.2 Å². The Bertz CT molecular complexity index is 419. The van der Waals surface area contributed by atoms with Gasteiger partial charge in [-0.2, -0.15) is 0 Å². The fourth-order valence-electron chi connectivity index (χ4n) is 2.00. The molecule has 0 amide bonds. The summed E-state index contributed by atoms with van der Waals surface area (Å²) in [7, 11) is 0. The van der Waals surface area contributed by atoms with Gasteiger partial charge in [0.15, 0.2) is 0 Å². The molecule has 0 aliphatic rings. The lowest BCUT2D eigenvalue weighted by Gasteiger charge is -2.27. The lowest BCUT2D eigenvalue weighted by molar-refractivity contribution is 0.0460. The van der Waals surface area contributed by atoms with Crippen LogP contribution in [-0.2, 0) is 5.60 Å².